The Bertz CT molecular complexity index is 988. The standard InChI is InChI=1S/C25H31FN4OS/c1-18-15-25(11-12-29(18)16-19-10-13-32-17-19)23(27-21-7-3-2-4-8-21)28-24(31)30(25)22-9-5-6-20(26)14-22/h5-6,9-10,13-14,17-18,21H,2-4,7-8,11-12,15-16H2,1H3,(H,27,28,31)/p+1/t18-,25+/m0/s1. The molecule has 5 rings (SSSR count). The molecule has 3 fully saturated rings. The van der Waals surface area contributed by atoms with Crippen LogP contribution < -0.4 is 15.1 Å². The number of amides is 2. The molecule has 2 amide bonds. The van der Waals surface area contributed by atoms with Gasteiger partial charge in [-0.05, 0) is 54.8 Å². The zero-order valence-electron chi connectivity index (χ0n) is 18.6. The summed E-state index contributed by atoms with van der Waals surface area (Å²) in [6.07, 6.45) is 7.47. The third-order valence-electron chi connectivity index (χ3n) is 7.46. The van der Waals surface area contributed by atoms with Crippen LogP contribution in [0.3, 0.4) is 0 Å². The Hall–Kier alpha value is -2.25. The molecule has 170 valence electrons. The van der Waals surface area contributed by atoms with Gasteiger partial charge in [-0.25, -0.2) is 9.18 Å². The van der Waals surface area contributed by atoms with E-state index in [4.69, 9.17) is 4.99 Å². The highest BCUT2D eigenvalue weighted by atomic mass is 32.1. The van der Waals surface area contributed by atoms with Gasteiger partial charge in [0.25, 0.3) is 0 Å². The lowest BCUT2D eigenvalue weighted by atomic mass is 9.81. The van der Waals surface area contributed by atoms with Gasteiger partial charge in [0.15, 0.2) is 0 Å². The molecule has 5 nitrogen and oxygen atoms in total. The Morgan fingerprint density at radius 3 is 2.84 bits per heavy atom. The maximum absolute atomic E-state index is 14.1. The molecular weight excluding hydrogens is 423 g/mol. The van der Waals surface area contributed by atoms with Crippen LogP contribution in [0, 0.1) is 5.82 Å². The van der Waals surface area contributed by atoms with Crippen LogP contribution in [0.2, 0.25) is 0 Å². The fourth-order valence-corrected chi connectivity index (χ4v) is 6.47. The fourth-order valence-electron chi connectivity index (χ4n) is 5.80. The van der Waals surface area contributed by atoms with Crippen molar-refractivity contribution in [3.05, 3.63) is 52.5 Å². The smallest absolute Gasteiger partial charge is 0.328 e. The van der Waals surface area contributed by atoms with Crippen LogP contribution >= 0.6 is 11.3 Å². The number of halogens is 1. The van der Waals surface area contributed by atoms with E-state index in [0.717, 1.165) is 44.6 Å². The SMILES string of the molecule is C[C@H]1C[C@]2(CC[NH+]1Cc1ccsc1)C(=NC1CCCCC1)NC(=O)N2c1cccc(F)c1. The molecule has 1 aliphatic carbocycles. The zero-order valence-corrected chi connectivity index (χ0v) is 19.5. The summed E-state index contributed by atoms with van der Waals surface area (Å²) in [5, 5.41) is 7.47. The van der Waals surface area contributed by atoms with Crippen molar-refractivity contribution in [1.29, 1.82) is 0 Å². The van der Waals surface area contributed by atoms with E-state index < -0.39 is 5.54 Å². The molecular formula is C25H32FN4OS+. The van der Waals surface area contributed by atoms with Gasteiger partial charge in [0, 0.05) is 24.1 Å². The largest absolute Gasteiger partial charge is 0.329 e. The third kappa shape index (κ3) is 4.08. The van der Waals surface area contributed by atoms with E-state index in [1.807, 2.05) is 6.07 Å². The zero-order chi connectivity index (χ0) is 22.1. The minimum atomic E-state index is -0.528. The number of quaternary nitrogens is 1. The van der Waals surface area contributed by atoms with E-state index >= 15 is 0 Å². The molecule has 1 aromatic carbocycles. The summed E-state index contributed by atoms with van der Waals surface area (Å²) in [6.45, 7) is 4.21. The molecule has 1 saturated carbocycles. The van der Waals surface area contributed by atoms with Crippen LogP contribution in [0.15, 0.2) is 46.1 Å². The van der Waals surface area contributed by atoms with Crippen LogP contribution in [0.25, 0.3) is 0 Å². The normalized spacial score (nSPS) is 30.2. The van der Waals surface area contributed by atoms with Crippen LogP contribution in [0.4, 0.5) is 14.9 Å². The lowest BCUT2D eigenvalue weighted by Crippen LogP contribution is -3.16. The molecule has 7 heteroatoms. The van der Waals surface area contributed by atoms with Crippen molar-refractivity contribution >= 4 is 28.9 Å². The average Bonchev–Trinajstić information content (AvgIpc) is 3.37. The van der Waals surface area contributed by atoms with Crippen LogP contribution in [0.1, 0.15) is 57.4 Å². The summed E-state index contributed by atoms with van der Waals surface area (Å²) in [4.78, 5) is 21.7. The number of nitrogens with zero attached hydrogens (tertiary/aromatic N) is 2. The molecule has 1 unspecified atom stereocenters. The highest BCUT2D eigenvalue weighted by Gasteiger charge is 2.56. The molecule has 2 N–H and O–H groups in total. The van der Waals surface area contributed by atoms with Gasteiger partial charge in [-0.3, -0.25) is 15.2 Å². The van der Waals surface area contributed by atoms with Gasteiger partial charge in [-0.1, -0.05) is 25.3 Å². The van der Waals surface area contributed by atoms with E-state index in [9.17, 15) is 9.18 Å². The summed E-state index contributed by atoms with van der Waals surface area (Å²) in [5.41, 5.74) is 1.45. The Morgan fingerprint density at radius 1 is 1.28 bits per heavy atom. The highest BCUT2D eigenvalue weighted by molar-refractivity contribution is 7.07. The molecule has 32 heavy (non-hydrogen) atoms. The predicted molar refractivity (Wildman–Crippen MR) is 127 cm³/mol. The first kappa shape index (κ1) is 21.6. The molecule has 3 atom stereocenters. The maximum Gasteiger partial charge on any atom is 0.328 e. The van der Waals surface area contributed by atoms with E-state index in [-0.39, 0.29) is 17.9 Å². The number of piperidine rings is 1. The number of aliphatic imine (C=N–C) groups is 1. The van der Waals surface area contributed by atoms with Crippen molar-refractivity contribution in [1.82, 2.24) is 5.32 Å². The van der Waals surface area contributed by atoms with E-state index in [1.165, 1.54) is 41.9 Å². The van der Waals surface area contributed by atoms with Crippen molar-refractivity contribution in [2.75, 3.05) is 11.4 Å². The van der Waals surface area contributed by atoms with Crippen molar-refractivity contribution in [2.45, 2.75) is 76.0 Å². The number of nitrogens with one attached hydrogen (secondary N) is 2. The summed E-state index contributed by atoms with van der Waals surface area (Å²) >= 11 is 1.74. The first-order valence-electron chi connectivity index (χ1n) is 11.9. The van der Waals surface area contributed by atoms with Crippen molar-refractivity contribution in [3.63, 3.8) is 0 Å². The number of benzene rings is 1. The lowest BCUT2D eigenvalue weighted by Gasteiger charge is -2.45. The van der Waals surface area contributed by atoms with Gasteiger partial charge in [0.1, 0.15) is 23.7 Å². The Morgan fingerprint density at radius 2 is 2.12 bits per heavy atom. The van der Waals surface area contributed by atoms with E-state index in [2.05, 4.69) is 29.1 Å². The molecule has 2 aromatic rings. The number of likely N-dealkylation sites (tertiary alicyclic amines) is 1. The monoisotopic (exact) mass is 455 g/mol. The van der Waals surface area contributed by atoms with Crippen LogP contribution in [0.5, 0.6) is 0 Å². The lowest BCUT2D eigenvalue weighted by molar-refractivity contribution is -0.942. The molecule has 0 bridgehead atoms. The van der Waals surface area contributed by atoms with Gasteiger partial charge in [-0.2, -0.15) is 11.3 Å². The van der Waals surface area contributed by atoms with Crippen molar-refractivity contribution < 1.29 is 14.1 Å². The molecule has 1 spiro atoms. The Kier molecular flexibility index (Phi) is 6.03. The third-order valence-corrected chi connectivity index (χ3v) is 8.19. The number of rotatable bonds is 4. The van der Waals surface area contributed by atoms with Crippen LogP contribution in [-0.2, 0) is 6.54 Å². The second kappa shape index (κ2) is 8.94. The van der Waals surface area contributed by atoms with Gasteiger partial charge in [0.05, 0.1) is 18.6 Å². The molecule has 2 saturated heterocycles. The van der Waals surface area contributed by atoms with Gasteiger partial charge in [-0.15, -0.1) is 0 Å². The van der Waals surface area contributed by atoms with Gasteiger partial charge >= 0.3 is 6.03 Å². The van der Waals surface area contributed by atoms with Crippen molar-refractivity contribution in [3.8, 4) is 0 Å². The number of hydrogen-bond donors (Lipinski definition) is 2. The minimum Gasteiger partial charge on any atom is -0.329 e. The molecule has 0 radical (unpaired) electrons. The minimum absolute atomic E-state index is 0.182. The number of anilines is 1. The van der Waals surface area contributed by atoms with E-state index in [0.29, 0.717) is 11.7 Å². The van der Waals surface area contributed by atoms with Crippen LogP contribution in [-0.4, -0.2) is 36.0 Å². The number of carbonyl (C=O) groups is 1. The Labute approximate surface area is 193 Å². The first-order valence-corrected chi connectivity index (χ1v) is 12.8. The summed E-state index contributed by atoms with van der Waals surface area (Å²) in [7, 11) is 0. The summed E-state index contributed by atoms with van der Waals surface area (Å²) in [5.74, 6) is 0.483. The molecule has 3 heterocycles. The van der Waals surface area contributed by atoms with Crippen molar-refractivity contribution in [2.24, 2.45) is 4.99 Å². The molecule has 1 aromatic heterocycles. The Balaban J connectivity index is 1.49. The second-order valence-electron chi connectivity index (χ2n) is 9.62. The fraction of sp³-hybridized carbons (Fsp3) is 0.520. The predicted octanol–water partition coefficient (Wildman–Crippen LogP) is 4.15. The number of thiophene rings is 1. The molecule has 3 aliphatic rings. The van der Waals surface area contributed by atoms with E-state index in [1.54, 1.807) is 22.3 Å². The first-order chi connectivity index (χ1) is 15.5. The van der Waals surface area contributed by atoms with Gasteiger partial charge in [0.2, 0.25) is 0 Å². The average molecular weight is 456 g/mol. The highest BCUT2D eigenvalue weighted by Crippen LogP contribution is 2.38. The topological polar surface area (TPSA) is 49.1 Å². The summed E-state index contributed by atoms with van der Waals surface area (Å²) in [6, 6.07) is 9.06. The number of carbonyl (C=O) groups excluding carboxylic acids is 1. The number of urea groups is 1. The van der Waals surface area contributed by atoms with Gasteiger partial charge < -0.3 is 4.90 Å². The second-order valence-corrected chi connectivity index (χ2v) is 10.4. The number of amidine groups is 1. The number of hydrogen-bond acceptors (Lipinski definition) is 3. The maximum atomic E-state index is 14.1. The quantitative estimate of drug-likeness (QED) is 0.715. The summed E-state index contributed by atoms with van der Waals surface area (Å²) < 4.78 is 14.1. The molecule has 2 aliphatic heterocycles.